The minimum atomic E-state index is -0.861. The first-order valence-electron chi connectivity index (χ1n) is 4.64. The van der Waals surface area contributed by atoms with Crippen LogP contribution >= 0.6 is 0 Å². The summed E-state index contributed by atoms with van der Waals surface area (Å²) in [6.07, 6.45) is 0.656. The molecule has 0 bridgehead atoms. The van der Waals surface area contributed by atoms with Crippen LogP contribution in [0.5, 0.6) is 0 Å². The SMILES string of the molecule is O[C@H](C#Cc1ccccc1)c1ccco1. The fourth-order valence-corrected chi connectivity index (χ4v) is 1.19. The van der Waals surface area contributed by atoms with Gasteiger partial charge in [-0.3, -0.25) is 0 Å². The average Bonchev–Trinajstić information content (AvgIpc) is 2.81. The highest BCUT2D eigenvalue weighted by Gasteiger charge is 2.04. The second kappa shape index (κ2) is 4.50. The third-order valence-corrected chi connectivity index (χ3v) is 1.94. The summed E-state index contributed by atoms with van der Waals surface area (Å²) in [6.45, 7) is 0. The molecule has 0 unspecified atom stereocenters. The molecule has 0 aliphatic rings. The summed E-state index contributed by atoms with van der Waals surface area (Å²) >= 11 is 0. The van der Waals surface area contributed by atoms with Crippen LogP contribution in [0.1, 0.15) is 17.4 Å². The van der Waals surface area contributed by atoms with Crippen LogP contribution in [0, 0.1) is 11.8 Å². The summed E-state index contributed by atoms with van der Waals surface area (Å²) in [4.78, 5) is 0. The van der Waals surface area contributed by atoms with Gasteiger partial charge in [0.1, 0.15) is 5.76 Å². The number of hydrogen-bond acceptors (Lipinski definition) is 2. The van der Waals surface area contributed by atoms with Gasteiger partial charge in [0.15, 0.2) is 6.10 Å². The van der Waals surface area contributed by atoms with Gasteiger partial charge in [-0.15, -0.1) is 0 Å². The summed E-state index contributed by atoms with van der Waals surface area (Å²) < 4.78 is 5.03. The van der Waals surface area contributed by atoms with Gasteiger partial charge in [-0.2, -0.15) is 0 Å². The van der Waals surface area contributed by atoms with Crippen molar-refractivity contribution in [3.05, 3.63) is 60.1 Å². The molecule has 15 heavy (non-hydrogen) atoms. The Kier molecular flexibility index (Phi) is 2.87. The maximum Gasteiger partial charge on any atom is 0.173 e. The molecule has 0 fully saturated rings. The molecular weight excluding hydrogens is 188 g/mol. The highest BCUT2D eigenvalue weighted by Crippen LogP contribution is 2.11. The van der Waals surface area contributed by atoms with Crippen molar-refractivity contribution >= 4 is 0 Å². The van der Waals surface area contributed by atoms with E-state index in [2.05, 4.69) is 11.8 Å². The predicted molar refractivity (Wildman–Crippen MR) is 57.0 cm³/mol. The molecule has 0 aliphatic heterocycles. The number of benzene rings is 1. The molecular formula is C13H10O2. The van der Waals surface area contributed by atoms with Gasteiger partial charge in [0.25, 0.3) is 0 Å². The number of rotatable bonds is 1. The average molecular weight is 198 g/mol. The third-order valence-electron chi connectivity index (χ3n) is 1.94. The Morgan fingerprint density at radius 2 is 1.87 bits per heavy atom. The first kappa shape index (κ1) is 9.57. The minimum absolute atomic E-state index is 0.471. The van der Waals surface area contributed by atoms with Gasteiger partial charge in [-0.05, 0) is 24.3 Å². The molecule has 74 valence electrons. The van der Waals surface area contributed by atoms with E-state index in [1.165, 1.54) is 6.26 Å². The highest BCUT2D eigenvalue weighted by atomic mass is 16.4. The Balaban J connectivity index is 2.13. The molecule has 1 heterocycles. The van der Waals surface area contributed by atoms with Gasteiger partial charge in [0, 0.05) is 5.56 Å². The summed E-state index contributed by atoms with van der Waals surface area (Å²) in [6, 6.07) is 12.9. The zero-order valence-electron chi connectivity index (χ0n) is 8.05. The van der Waals surface area contributed by atoms with E-state index in [-0.39, 0.29) is 0 Å². The smallest absolute Gasteiger partial charge is 0.173 e. The van der Waals surface area contributed by atoms with Crippen molar-refractivity contribution in [2.75, 3.05) is 0 Å². The van der Waals surface area contributed by atoms with Gasteiger partial charge in [0.2, 0.25) is 0 Å². The van der Waals surface area contributed by atoms with Crippen LogP contribution in [-0.4, -0.2) is 5.11 Å². The van der Waals surface area contributed by atoms with E-state index in [9.17, 15) is 5.11 Å². The molecule has 0 saturated carbocycles. The predicted octanol–water partition coefficient (Wildman–Crippen LogP) is 2.36. The lowest BCUT2D eigenvalue weighted by Gasteiger charge is -1.96. The van der Waals surface area contributed by atoms with Crippen molar-refractivity contribution in [2.45, 2.75) is 6.10 Å². The molecule has 1 aromatic heterocycles. The van der Waals surface area contributed by atoms with Crippen LogP contribution < -0.4 is 0 Å². The fourth-order valence-electron chi connectivity index (χ4n) is 1.19. The van der Waals surface area contributed by atoms with E-state index in [4.69, 9.17) is 4.42 Å². The van der Waals surface area contributed by atoms with Crippen LogP contribution in [0.2, 0.25) is 0 Å². The van der Waals surface area contributed by atoms with Crippen LogP contribution in [0.15, 0.2) is 53.1 Å². The molecule has 1 N–H and O–H groups in total. The Bertz CT molecular complexity index is 460. The summed E-state index contributed by atoms with van der Waals surface area (Å²) in [7, 11) is 0. The van der Waals surface area contributed by atoms with Crippen LogP contribution in [0.4, 0.5) is 0 Å². The molecule has 1 aromatic carbocycles. The van der Waals surface area contributed by atoms with Crippen molar-refractivity contribution < 1.29 is 9.52 Å². The van der Waals surface area contributed by atoms with Crippen LogP contribution in [-0.2, 0) is 0 Å². The lowest BCUT2D eigenvalue weighted by atomic mass is 10.2. The van der Waals surface area contributed by atoms with Gasteiger partial charge in [0.05, 0.1) is 6.26 Å². The molecule has 0 amide bonds. The van der Waals surface area contributed by atoms with E-state index in [0.717, 1.165) is 5.56 Å². The molecule has 2 rings (SSSR count). The highest BCUT2D eigenvalue weighted by molar-refractivity contribution is 5.35. The monoisotopic (exact) mass is 198 g/mol. The molecule has 0 spiro atoms. The van der Waals surface area contributed by atoms with Gasteiger partial charge >= 0.3 is 0 Å². The van der Waals surface area contributed by atoms with Gasteiger partial charge < -0.3 is 9.52 Å². The van der Waals surface area contributed by atoms with E-state index < -0.39 is 6.10 Å². The Hall–Kier alpha value is -1.98. The number of aliphatic hydroxyl groups excluding tert-OH is 1. The number of furan rings is 1. The van der Waals surface area contributed by atoms with Crippen molar-refractivity contribution in [1.29, 1.82) is 0 Å². The van der Waals surface area contributed by atoms with Crippen LogP contribution in [0.3, 0.4) is 0 Å². The quantitative estimate of drug-likeness (QED) is 0.713. The van der Waals surface area contributed by atoms with Crippen molar-refractivity contribution in [1.82, 2.24) is 0 Å². The lowest BCUT2D eigenvalue weighted by molar-refractivity contribution is 0.206. The minimum Gasteiger partial charge on any atom is -0.466 e. The number of aliphatic hydroxyl groups is 1. The first-order valence-corrected chi connectivity index (χ1v) is 4.64. The van der Waals surface area contributed by atoms with E-state index in [1.807, 2.05) is 30.3 Å². The molecule has 2 aromatic rings. The van der Waals surface area contributed by atoms with Crippen LogP contribution in [0.25, 0.3) is 0 Å². The number of hydrogen-bond donors (Lipinski definition) is 1. The van der Waals surface area contributed by atoms with Crippen molar-refractivity contribution in [3.8, 4) is 11.8 Å². The largest absolute Gasteiger partial charge is 0.466 e. The molecule has 0 saturated heterocycles. The standard InChI is InChI=1S/C13H10O2/c14-12(13-7-4-10-15-13)9-8-11-5-2-1-3-6-11/h1-7,10,12,14H/t12-/m1/s1. The molecule has 2 nitrogen and oxygen atoms in total. The van der Waals surface area contributed by atoms with E-state index in [1.54, 1.807) is 12.1 Å². The van der Waals surface area contributed by atoms with E-state index in [0.29, 0.717) is 5.76 Å². The summed E-state index contributed by atoms with van der Waals surface area (Å²) in [5, 5.41) is 9.60. The maximum absolute atomic E-state index is 9.60. The van der Waals surface area contributed by atoms with Gasteiger partial charge in [-0.25, -0.2) is 0 Å². The Labute approximate surface area is 88.2 Å². The topological polar surface area (TPSA) is 33.4 Å². The van der Waals surface area contributed by atoms with Crippen molar-refractivity contribution in [3.63, 3.8) is 0 Å². The van der Waals surface area contributed by atoms with Gasteiger partial charge in [-0.1, -0.05) is 30.0 Å². The summed E-state index contributed by atoms with van der Waals surface area (Å²) in [5.74, 6) is 6.06. The molecule has 1 atom stereocenters. The second-order valence-electron chi connectivity index (χ2n) is 3.05. The van der Waals surface area contributed by atoms with E-state index >= 15 is 0 Å². The molecule has 0 radical (unpaired) electrons. The Morgan fingerprint density at radius 1 is 1.07 bits per heavy atom. The maximum atomic E-state index is 9.60. The molecule has 2 heteroatoms. The third kappa shape index (κ3) is 2.49. The summed E-state index contributed by atoms with van der Waals surface area (Å²) in [5.41, 5.74) is 0.878. The zero-order valence-corrected chi connectivity index (χ0v) is 8.05. The normalized spacial score (nSPS) is 11.5. The Morgan fingerprint density at radius 3 is 2.53 bits per heavy atom. The zero-order chi connectivity index (χ0) is 10.5. The lowest BCUT2D eigenvalue weighted by Crippen LogP contribution is -1.90. The second-order valence-corrected chi connectivity index (χ2v) is 3.05. The first-order chi connectivity index (χ1) is 7.36. The van der Waals surface area contributed by atoms with Crippen molar-refractivity contribution in [2.24, 2.45) is 0 Å². The fraction of sp³-hybridized carbons (Fsp3) is 0.0769. The molecule has 0 aliphatic carbocycles.